The Balaban J connectivity index is 1.48. The maximum Gasteiger partial charge on any atom is 0.233 e. The third kappa shape index (κ3) is 5.55. The molecule has 1 heterocycles. The number of carbonyl (C=O) groups excluding carboxylic acids is 2. The highest BCUT2D eigenvalue weighted by molar-refractivity contribution is 7.99. The van der Waals surface area contributed by atoms with E-state index in [-0.39, 0.29) is 24.7 Å². The van der Waals surface area contributed by atoms with Crippen LogP contribution in [0.4, 0.5) is 0 Å². The van der Waals surface area contributed by atoms with Gasteiger partial charge in [0.2, 0.25) is 11.8 Å². The van der Waals surface area contributed by atoms with Crippen molar-refractivity contribution in [3.8, 4) is 0 Å². The van der Waals surface area contributed by atoms with Crippen LogP contribution in [-0.2, 0) is 16.1 Å². The van der Waals surface area contributed by atoms with E-state index < -0.39 is 0 Å². The van der Waals surface area contributed by atoms with Crippen molar-refractivity contribution in [2.45, 2.75) is 30.6 Å². The van der Waals surface area contributed by atoms with Crippen LogP contribution in [0.15, 0.2) is 58.9 Å². The van der Waals surface area contributed by atoms with Crippen LogP contribution in [0, 0.1) is 0 Å². The molecule has 3 rings (SSSR count). The topological polar surface area (TPSA) is 62.3 Å². The van der Waals surface area contributed by atoms with Gasteiger partial charge in [-0.1, -0.05) is 42.5 Å². The van der Waals surface area contributed by atoms with Gasteiger partial charge in [0.25, 0.3) is 0 Å². The summed E-state index contributed by atoms with van der Waals surface area (Å²) in [5.41, 5.74) is 1.98. The number of amides is 2. The van der Waals surface area contributed by atoms with Gasteiger partial charge in [-0.25, -0.2) is 4.98 Å². The molecule has 0 unspecified atom stereocenters. The summed E-state index contributed by atoms with van der Waals surface area (Å²) in [5.74, 6) is -0.176. The van der Waals surface area contributed by atoms with E-state index in [0.29, 0.717) is 13.1 Å². The van der Waals surface area contributed by atoms with E-state index in [1.54, 1.807) is 15.6 Å². The molecule has 0 bridgehead atoms. The molecule has 1 aromatic heterocycles. The summed E-state index contributed by atoms with van der Waals surface area (Å²) in [4.78, 5) is 29.0. The molecule has 0 atom stereocenters. The van der Waals surface area contributed by atoms with Gasteiger partial charge in [-0.15, -0.1) is 11.3 Å². The summed E-state index contributed by atoms with van der Waals surface area (Å²) in [6.45, 7) is 2.96. The summed E-state index contributed by atoms with van der Waals surface area (Å²) in [6, 6.07) is 17.6. The molecular weight excluding hydrogens is 378 g/mol. The molecule has 7 heteroatoms. The first-order chi connectivity index (χ1) is 13.2. The summed E-state index contributed by atoms with van der Waals surface area (Å²) in [6.07, 6.45) is 0.370. The Morgan fingerprint density at radius 2 is 1.81 bits per heavy atom. The van der Waals surface area contributed by atoms with E-state index >= 15 is 0 Å². The molecule has 0 saturated heterocycles. The van der Waals surface area contributed by atoms with Gasteiger partial charge in [0, 0.05) is 37.9 Å². The first-order valence-electron chi connectivity index (χ1n) is 8.80. The number of nitrogens with zero attached hydrogens (tertiary/aromatic N) is 2. The lowest BCUT2D eigenvalue weighted by Gasteiger charge is -2.17. The number of fused-ring (bicyclic) bond motifs is 1. The monoisotopic (exact) mass is 399 g/mol. The van der Waals surface area contributed by atoms with Gasteiger partial charge in [0.05, 0.1) is 10.2 Å². The molecule has 140 valence electrons. The average Bonchev–Trinajstić information content (AvgIpc) is 3.12. The number of nitrogens with one attached hydrogen (secondary N) is 1. The number of aromatic nitrogens is 1. The molecule has 1 N–H and O–H groups in total. The Morgan fingerprint density at radius 1 is 1.07 bits per heavy atom. The maximum absolute atomic E-state index is 12.5. The van der Waals surface area contributed by atoms with E-state index in [2.05, 4.69) is 10.3 Å². The minimum atomic E-state index is -0.117. The third-order valence-electron chi connectivity index (χ3n) is 3.93. The van der Waals surface area contributed by atoms with Crippen molar-refractivity contribution in [3.63, 3.8) is 0 Å². The van der Waals surface area contributed by atoms with Crippen molar-refractivity contribution in [1.82, 2.24) is 14.6 Å². The fourth-order valence-electron chi connectivity index (χ4n) is 2.51. The molecule has 3 aromatic rings. The standard InChI is InChI=1S/C20H21N3O2S2/c1-2-23(27-20-22-16-10-6-7-11-17(16)26-20)19(25)13-12-18(24)21-14-15-8-4-3-5-9-15/h3-11H,2,12-14H2,1H3,(H,21,24). The molecule has 5 nitrogen and oxygen atoms in total. The zero-order valence-corrected chi connectivity index (χ0v) is 16.7. The Kier molecular flexibility index (Phi) is 6.84. The van der Waals surface area contributed by atoms with Gasteiger partial charge in [0.15, 0.2) is 4.34 Å². The molecular formula is C20H21N3O2S2. The molecule has 27 heavy (non-hydrogen) atoms. The Morgan fingerprint density at radius 3 is 2.56 bits per heavy atom. The normalized spacial score (nSPS) is 10.7. The lowest BCUT2D eigenvalue weighted by Crippen LogP contribution is -2.27. The van der Waals surface area contributed by atoms with Gasteiger partial charge in [-0.05, 0) is 24.6 Å². The fraction of sp³-hybridized carbons (Fsp3) is 0.250. The van der Waals surface area contributed by atoms with Crippen molar-refractivity contribution in [3.05, 3.63) is 60.2 Å². The Hall–Kier alpha value is -2.38. The number of hydrogen-bond acceptors (Lipinski definition) is 5. The van der Waals surface area contributed by atoms with Crippen LogP contribution in [0.25, 0.3) is 10.2 Å². The quantitative estimate of drug-likeness (QED) is 0.575. The zero-order chi connectivity index (χ0) is 19.1. The Labute approximate surface area is 166 Å². The first kappa shape index (κ1) is 19.4. The summed E-state index contributed by atoms with van der Waals surface area (Å²) in [5, 5.41) is 2.85. The van der Waals surface area contributed by atoms with E-state index in [9.17, 15) is 9.59 Å². The van der Waals surface area contributed by atoms with Crippen molar-refractivity contribution < 1.29 is 9.59 Å². The maximum atomic E-state index is 12.5. The highest BCUT2D eigenvalue weighted by Gasteiger charge is 2.17. The fourth-order valence-corrected chi connectivity index (χ4v) is 4.54. The van der Waals surface area contributed by atoms with Crippen LogP contribution in [0.1, 0.15) is 25.3 Å². The van der Waals surface area contributed by atoms with Gasteiger partial charge >= 0.3 is 0 Å². The van der Waals surface area contributed by atoms with Crippen LogP contribution in [-0.4, -0.2) is 27.6 Å². The molecule has 0 aliphatic carbocycles. The van der Waals surface area contributed by atoms with Crippen LogP contribution >= 0.6 is 23.3 Å². The molecule has 0 radical (unpaired) electrons. The number of rotatable bonds is 8. The van der Waals surface area contributed by atoms with E-state index in [1.165, 1.54) is 11.9 Å². The largest absolute Gasteiger partial charge is 0.352 e. The van der Waals surface area contributed by atoms with Crippen LogP contribution < -0.4 is 5.32 Å². The number of para-hydroxylation sites is 1. The van der Waals surface area contributed by atoms with E-state index in [4.69, 9.17) is 0 Å². The minimum Gasteiger partial charge on any atom is -0.352 e. The van der Waals surface area contributed by atoms with Crippen molar-refractivity contribution in [2.75, 3.05) is 6.54 Å². The SMILES string of the molecule is CCN(Sc1nc2ccccc2s1)C(=O)CCC(=O)NCc1ccccc1. The summed E-state index contributed by atoms with van der Waals surface area (Å²) < 4.78 is 3.60. The molecule has 2 amide bonds. The molecule has 0 aliphatic heterocycles. The molecule has 2 aromatic carbocycles. The molecule has 0 saturated carbocycles. The zero-order valence-electron chi connectivity index (χ0n) is 15.1. The molecule has 0 spiro atoms. The lowest BCUT2D eigenvalue weighted by molar-refractivity contribution is -0.129. The first-order valence-corrected chi connectivity index (χ1v) is 10.4. The van der Waals surface area contributed by atoms with Crippen LogP contribution in [0.2, 0.25) is 0 Å². The highest BCUT2D eigenvalue weighted by Crippen LogP contribution is 2.31. The van der Waals surface area contributed by atoms with Crippen molar-refractivity contribution in [2.24, 2.45) is 0 Å². The van der Waals surface area contributed by atoms with E-state index in [0.717, 1.165) is 20.1 Å². The highest BCUT2D eigenvalue weighted by atomic mass is 32.2. The predicted molar refractivity (Wildman–Crippen MR) is 110 cm³/mol. The second kappa shape index (κ2) is 9.53. The number of benzene rings is 2. The number of thiazole rings is 1. The molecule has 0 aliphatic rings. The van der Waals surface area contributed by atoms with Gasteiger partial charge in [0.1, 0.15) is 0 Å². The average molecular weight is 400 g/mol. The van der Waals surface area contributed by atoms with Crippen molar-refractivity contribution >= 4 is 45.3 Å². The van der Waals surface area contributed by atoms with Gasteiger partial charge in [-0.3, -0.25) is 13.9 Å². The smallest absolute Gasteiger partial charge is 0.233 e. The van der Waals surface area contributed by atoms with Gasteiger partial charge < -0.3 is 5.32 Å². The van der Waals surface area contributed by atoms with Crippen LogP contribution in [0.5, 0.6) is 0 Å². The second-order valence-corrected chi connectivity index (χ2v) is 8.19. The van der Waals surface area contributed by atoms with Crippen molar-refractivity contribution in [1.29, 1.82) is 0 Å². The summed E-state index contributed by atoms with van der Waals surface area (Å²) in [7, 11) is 0. The second-order valence-electron chi connectivity index (χ2n) is 5.89. The number of hydrogen-bond donors (Lipinski definition) is 1. The minimum absolute atomic E-state index is 0.0587. The predicted octanol–water partition coefficient (Wildman–Crippen LogP) is 4.25. The van der Waals surface area contributed by atoms with Gasteiger partial charge in [-0.2, -0.15) is 0 Å². The number of carbonyl (C=O) groups is 2. The molecule has 0 fully saturated rings. The third-order valence-corrected chi connectivity index (χ3v) is 6.16. The van der Waals surface area contributed by atoms with Crippen LogP contribution in [0.3, 0.4) is 0 Å². The summed E-state index contributed by atoms with van der Waals surface area (Å²) >= 11 is 2.91. The van der Waals surface area contributed by atoms with E-state index in [1.807, 2.05) is 61.5 Å². The Bertz CT molecular complexity index is 879. The lowest BCUT2D eigenvalue weighted by atomic mass is 10.2.